The van der Waals surface area contributed by atoms with Crippen molar-refractivity contribution in [3.8, 4) is 17.1 Å². The number of anilines is 1. The average molecular weight is 398 g/mol. The summed E-state index contributed by atoms with van der Waals surface area (Å²) >= 11 is 6.11. The molecule has 0 radical (unpaired) electrons. The average Bonchev–Trinajstić information content (AvgIpc) is 3.35. The molecule has 2 heterocycles. The van der Waals surface area contributed by atoms with Crippen molar-refractivity contribution in [1.29, 1.82) is 0 Å². The van der Waals surface area contributed by atoms with Crippen molar-refractivity contribution >= 4 is 23.3 Å². The van der Waals surface area contributed by atoms with Crippen LogP contribution in [0.3, 0.4) is 0 Å². The fourth-order valence-corrected chi connectivity index (χ4v) is 3.47. The molecule has 0 unspecified atom stereocenters. The Labute approximate surface area is 167 Å². The molecule has 2 aromatic heterocycles. The Morgan fingerprint density at radius 2 is 2.07 bits per heavy atom. The van der Waals surface area contributed by atoms with E-state index in [2.05, 4.69) is 20.5 Å². The standard InChI is InChI=1S/C20H20ClN5O2/c1-26-12-23-25-19(26)13-6-9-18(22-11-13)24-20(27)16-10-14(21)7-8-17(16)28-15-4-2-3-5-15/h6-12,15H,2-5H2,1H3,(H,22,24,27). The molecule has 0 spiro atoms. The minimum Gasteiger partial charge on any atom is -0.490 e. The molecule has 1 aliphatic rings. The second-order valence-electron chi connectivity index (χ2n) is 6.82. The molecule has 1 aliphatic carbocycles. The smallest absolute Gasteiger partial charge is 0.260 e. The zero-order valence-corrected chi connectivity index (χ0v) is 16.2. The molecule has 8 heteroatoms. The number of rotatable bonds is 5. The molecule has 0 saturated heterocycles. The first-order valence-corrected chi connectivity index (χ1v) is 9.56. The number of pyridine rings is 1. The van der Waals surface area contributed by atoms with Gasteiger partial charge in [0.15, 0.2) is 5.82 Å². The SMILES string of the molecule is Cn1cnnc1-c1ccc(NC(=O)c2cc(Cl)ccc2OC2CCCC2)nc1. The number of carbonyl (C=O) groups is 1. The normalized spacial score (nSPS) is 14.2. The number of amides is 1. The predicted octanol–water partition coefficient (Wildman–Crippen LogP) is 4.10. The number of halogens is 1. The van der Waals surface area contributed by atoms with Crippen molar-refractivity contribution < 1.29 is 9.53 Å². The highest BCUT2D eigenvalue weighted by atomic mass is 35.5. The summed E-state index contributed by atoms with van der Waals surface area (Å²) in [6.07, 6.45) is 7.74. The lowest BCUT2D eigenvalue weighted by Gasteiger charge is -2.16. The van der Waals surface area contributed by atoms with Gasteiger partial charge in [-0.2, -0.15) is 0 Å². The van der Waals surface area contributed by atoms with Gasteiger partial charge >= 0.3 is 0 Å². The van der Waals surface area contributed by atoms with E-state index in [0.717, 1.165) is 31.2 Å². The van der Waals surface area contributed by atoms with Crippen LogP contribution in [0.15, 0.2) is 42.9 Å². The zero-order chi connectivity index (χ0) is 19.5. The Bertz CT molecular complexity index is 981. The summed E-state index contributed by atoms with van der Waals surface area (Å²) < 4.78 is 7.84. The van der Waals surface area contributed by atoms with Crippen LogP contribution in [-0.2, 0) is 7.05 Å². The topological polar surface area (TPSA) is 81.9 Å². The molecule has 1 aromatic carbocycles. The molecule has 1 N–H and O–H groups in total. The zero-order valence-electron chi connectivity index (χ0n) is 15.4. The summed E-state index contributed by atoms with van der Waals surface area (Å²) in [4.78, 5) is 17.1. The number of nitrogens with one attached hydrogen (secondary N) is 1. The maximum absolute atomic E-state index is 12.8. The van der Waals surface area contributed by atoms with Crippen LogP contribution in [0, 0.1) is 0 Å². The van der Waals surface area contributed by atoms with Gasteiger partial charge in [-0.25, -0.2) is 4.98 Å². The second kappa shape index (κ2) is 7.98. The molecule has 28 heavy (non-hydrogen) atoms. The van der Waals surface area contributed by atoms with Gasteiger partial charge in [0.05, 0.1) is 11.7 Å². The van der Waals surface area contributed by atoms with Gasteiger partial charge in [0.1, 0.15) is 17.9 Å². The number of hydrogen-bond acceptors (Lipinski definition) is 5. The van der Waals surface area contributed by atoms with Crippen molar-refractivity contribution in [1.82, 2.24) is 19.7 Å². The molecular formula is C20H20ClN5O2. The van der Waals surface area contributed by atoms with Crippen LogP contribution in [0.2, 0.25) is 5.02 Å². The summed E-state index contributed by atoms with van der Waals surface area (Å²) in [6.45, 7) is 0. The van der Waals surface area contributed by atoms with Crippen molar-refractivity contribution in [3.05, 3.63) is 53.4 Å². The summed E-state index contributed by atoms with van der Waals surface area (Å²) in [7, 11) is 1.86. The van der Waals surface area contributed by atoms with Crippen LogP contribution in [-0.4, -0.2) is 31.8 Å². The van der Waals surface area contributed by atoms with Gasteiger partial charge in [-0.1, -0.05) is 11.6 Å². The number of aromatic nitrogens is 4. The molecule has 0 atom stereocenters. The van der Waals surface area contributed by atoms with Crippen molar-refractivity contribution in [2.75, 3.05) is 5.32 Å². The van der Waals surface area contributed by atoms with Crippen molar-refractivity contribution in [2.24, 2.45) is 7.05 Å². The molecule has 4 rings (SSSR count). The first kappa shape index (κ1) is 18.4. The first-order chi connectivity index (χ1) is 13.6. The highest BCUT2D eigenvalue weighted by molar-refractivity contribution is 6.31. The highest BCUT2D eigenvalue weighted by Crippen LogP contribution is 2.29. The third kappa shape index (κ3) is 3.99. The number of benzene rings is 1. The third-order valence-electron chi connectivity index (χ3n) is 4.76. The quantitative estimate of drug-likeness (QED) is 0.700. The van der Waals surface area contributed by atoms with Crippen LogP contribution in [0.4, 0.5) is 5.82 Å². The minimum absolute atomic E-state index is 0.150. The molecule has 0 bridgehead atoms. The second-order valence-corrected chi connectivity index (χ2v) is 7.25. The van der Waals surface area contributed by atoms with E-state index in [9.17, 15) is 4.79 Å². The van der Waals surface area contributed by atoms with Crippen LogP contribution in [0.25, 0.3) is 11.4 Å². The lowest BCUT2D eigenvalue weighted by molar-refractivity contribution is 0.101. The third-order valence-corrected chi connectivity index (χ3v) is 4.99. The highest BCUT2D eigenvalue weighted by Gasteiger charge is 2.21. The van der Waals surface area contributed by atoms with Gasteiger partial charge in [0.2, 0.25) is 0 Å². The minimum atomic E-state index is -0.311. The maximum atomic E-state index is 12.8. The van der Waals surface area contributed by atoms with Gasteiger partial charge in [0, 0.05) is 23.8 Å². The molecule has 1 fully saturated rings. The molecule has 144 valence electrons. The molecule has 1 amide bonds. The van der Waals surface area contributed by atoms with Crippen molar-refractivity contribution in [2.45, 2.75) is 31.8 Å². The van der Waals surface area contributed by atoms with E-state index in [4.69, 9.17) is 16.3 Å². The maximum Gasteiger partial charge on any atom is 0.260 e. The van der Waals surface area contributed by atoms with E-state index in [-0.39, 0.29) is 12.0 Å². The van der Waals surface area contributed by atoms with Crippen LogP contribution in [0.5, 0.6) is 5.75 Å². The molecular weight excluding hydrogens is 378 g/mol. The summed E-state index contributed by atoms with van der Waals surface area (Å²) in [5.41, 5.74) is 1.21. The van der Waals surface area contributed by atoms with Gasteiger partial charge in [-0.05, 0) is 56.0 Å². The number of nitrogens with zero attached hydrogens (tertiary/aromatic N) is 4. The van der Waals surface area contributed by atoms with E-state index in [1.165, 1.54) is 0 Å². The lowest BCUT2D eigenvalue weighted by Crippen LogP contribution is -2.17. The van der Waals surface area contributed by atoms with E-state index >= 15 is 0 Å². The monoisotopic (exact) mass is 397 g/mol. The molecule has 3 aromatic rings. The predicted molar refractivity (Wildman–Crippen MR) is 107 cm³/mol. The Morgan fingerprint density at radius 3 is 2.75 bits per heavy atom. The van der Waals surface area contributed by atoms with Crippen LogP contribution < -0.4 is 10.1 Å². The Morgan fingerprint density at radius 1 is 1.25 bits per heavy atom. The summed E-state index contributed by atoms with van der Waals surface area (Å²) in [6, 6.07) is 8.66. The van der Waals surface area contributed by atoms with Crippen LogP contribution >= 0.6 is 11.6 Å². The number of ether oxygens (including phenoxy) is 1. The van der Waals surface area contributed by atoms with E-state index in [1.54, 1.807) is 41.4 Å². The largest absolute Gasteiger partial charge is 0.490 e. The van der Waals surface area contributed by atoms with Gasteiger partial charge in [0.25, 0.3) is 5.91 Å². The van der Waals surface area contributed by atoms with Gasteiger partial charge in [-0.15, -0.1) is 10.2 Å². The van der Waals surface area contributed by atoms with Crippen LogP contribution in [0.1, 0.15) is 36.0 Å². The Kier molecular flexibility index (Phi) is 5.25. The fourth-order valence-electron chi connectivity index (χ4n) is 3.30. The van der Waals surface area contributed by atoms with E-state index in [0.29, 0.717) is 28.0 Å². The number of carbonyl (C=O) groups excluding carboxylic acids is 1. The Hall–Kier alpha value is -2.93. The van der Waals surface area contributed by atoms with Gasteiger partial charge < -0.3 is 14.6 Å². The summed E-state index contributed by atoms with van der Waals surface area (Å²) in [5.74, 6) is 1.37. The molecule has 1 saturated carbocycles. The van der Waals surface area contributed by atoms with Gasteiger partial charge in [-0.3, -0.25) is 4.79 Å². The number of aryl methyl sites for hydroxylation is 1. The van der Waals surface area contributed by atoms with E-state index < -0.39 is 0 Å². The Balaban J connectivity index is 1.51. The summed E-state index contributed by atoms with van der Waals surface area (Å²) in [5, 5.41) is 11.2. The van der Waals surface area contributed by atoms with E-state index in [1.807, 2.05) is 13.1 Å². The fraction of sp³-hybridized carbons (Fsp3) is 0.300. The first-order valence-electron chi connectivity index (χ1n) is 9.18. The van der Waals surface area contributed by atoms with Crippen molar-refractivity contribution in [3.63, 3.8) is 0 Å². The lowest BCUT2D eigenvalue weighted by atomic mass is 10.1. The molecule has 0 aliphatic heterocycles. The molecule has 7 nitrogen and oxygen atoms in total. The number of hydrogen-bond donors (Lipinski definition) is 1.